The molecule has 0 amide bonds. The molecule has 108 valence electrons. The van der Waals surface area contributed by atoms with Gasteiger partial charge in [-0.3, -0.25) is 10.8 Å². The monoisotopic (exact) mass is 292 g/mol. The number of amidine groups is 2. The molecule has 0 aliphatic carbocycles. The van der Waals surface area contributed by atoms with Gasteiger partial charge in [-0.15, -0.1) is 0 Å². The number of hydrogen-bond donors (Lipinski definition) is 3. The SMILES string of the molecule is CCC(=N)N(Cc1ccc(Cl)cc1)C(=N)C1CCCN1. The molecule has 1 heterocycles. The quantitative estimate of drug-likeness (QED) is 0.589. The Balaban J connectivity index is 2.12. The molecule has 0 bridgehead atoms. The zero-order valence-corrected chi connectivity index (χ0v) is 12.5. The van der Waals surface area contributed by atoms with Gasteiger partial charge in [-0.05, 0) is 37.1 Å². The van der Waals surface area contributed by atoms with Gasteiger partial charge in [0, 0.05) is 11.4 Å². The molecule has 0 aromatic heterocycles. The smallest absolute Gasteiger partial charge is 0.119 e. The number of benzene rings is 1. The summed E-state index contributed by atoms with van der Waals surface area (Å²) in [6.07, 6.45) is 2.71. The zero-order valence-electron chi connectivity index (χ0n) is 11.7. The van der Waals surface area contributed by atoms with Crippen molar-refractivity contribution in [2.24, 2.45) is 0 Å². The molecule has 3 N–H and O–H groups in total. The number of halogens is 1. The standard InChI is InChI=1S/C15H21ClN4/c1-2-14(17)20(15(18)13-4-3-9-19-13)10-11-5-7-12(16)8-6-11/h5-8,13,17-19H,2-4,9-10H2,1H3. The lowest BCUT2D eigenvalue weighted by atomic mass is 10.1. The van der Waals surface area contributed by atoms with Crippen LogP contribution in [0.25, 0.3) is 0 Å². The summed E-state index contributed by atoms with van der Waals surface area (Å²) in [6.45, 7) is 3.47. The maximum atomic E-state index is 8.36. The van der Waals surface area contributed by atoms with E-state index in [0.29, 0.717) is 29.7 Å². The normalized spacial score (nSPS) is 18.0. The van der Waals surface area contributed by atoms with Gasteiger partial charge in [-0.2, -0.15) is 0 Å². The second-order valence-corrected chi connectivity index (χ2v) is 5.48. The van der Waals surface area contributed by atoms with E-state index in [0.717, 1.165) is 24.9 Å². The molecule has 20 heavy (non-hydrogen) atoms. The summed E-state index contributed by atoms with van der Waals surface area (Å²) in [7, 11) is 0. The van der Waals surface area contributed by atoms with Crippen LogP contribution in [0.15, 0.2) is 24.3 Å². The van der Waals surface area contributed by atoms with Crippen molar-refractivity contribution >= 4 is 23.3 Å². The first-order chi connectivity index (χ1) is 9.61. The van der Waals surface area contributed by atoms with Crippen molar-refractivity contribution < 1.29 is 0 Å². The second kappa shape index (κ2) is 6.86. The Morgan fingerprint density at radius 1 is 1.35 bits per heavy atom. The second-order valence-electron chi connectivity index (χ2n) is 5.05. The molecular weight excluding hydrogens is 272 g/mol. The summed E-state index contributed by atoms with van der Waals surface area (Å²) in [6, 6.07) is 7.68. The predicted molar refractivity (Wildman–Crippen MR) is 83.8 cm³/mol. The molecule has 0 spiro atoms. The average molecular weight is 293 g/mol. The summed E-state index contributed by atoms with van der Waals surface area (Å²) in [4.78, 5) is 1.80. The molecule has 1 unspecified atom stereocenters. The fourth-order valence-corrected chi connectivity index (χ4v) is 2.52. The Labute approximate surface area is 125 Å². The van der Waals surface area contributed by atoms with Crippen LogP contribution in [0.1, 0.15) is 31.7 Å². The van der Waals surface area contributed by atoms with E-state index in [4.69, 9.17) is 22.4 Å². The molecule has 1 atom stereocenters. The minimum absolute atomic E-state index is 0.0780. The van der Waals surface area contributed by atoms with Crippen LogP contribution < -0.4 is 5.32 Å². The third-order valence-corrected chi connectivity index (χ3v) is 3.85. The molecule has 1 aromatic rings. The summed E-state index contributed by atoms with van der Waals surface area (Å²) < 4.78 is 0. The van der Waals surface area contributed by atoms with E-state index >= 15 is 0 Å². The van der Waals surface area contributed by atoms with Crippen molar-refractivity contribution in [3.63, 3.8) is 0 Å². The van der Waals surface area contributed by atoms with Gasteiger partial charge in [-0.25, -0.2) is 0 Å². The van der Waals surface area contributed by atoms with Crippen molar-refractivity contribution in [3.05, 3.63) is 34.9 Å². The molecule has 0 radical (unpaired) electrons. The molecule has 1 aliphatic heterocycles. The maximum absolute atomic E-state index is 8.36. The van der Waals surface area contributed by atoms with Crippen LogP contribution in [0.3, 0.4) is 0 Å². The Bertz CT molecular complexity index is 477. The molecule has 2 rings (SSSR count). The van der Waals surface area contributed by atoms with E-state index < -0.39 is 0 Å². The minimum Gasteiger partial charge on any atom is -0.313 e. The topological polar surface area (TPSA) is 63.0 Å². The first-order valence-electron chi connectivity index (χ1n) is 7.03. The van der Waals surface area contributed by atoms with Crippen LogP contribution in [0.4, 0.5) is 0 Å². The lowest BCUT2D eigenvalue weighted by Gasteiger charge is -2.28. The Morgan fingerprint density at radius 2 is 2.05 bits per heavy atom. The third kappa shape index (κ3) is 3.58. The zero-order chi connectivity index (χ0) is 14.5. The summed E-state index contributed by atoms with van der Waals surface area (Å²) in [5.41, 5.74) is 1.07. The van der Waals surface area contributed by atoms with Gasteiger partial charge >= 0.3 is 0 Å². The van der Waals surface area contributed by atoms with Crippen molar-refractivity contribution in [1.82, 2.24) is 10.2 Å². The van der Waals surface area contributed by atoms with Crippen LogP contribution in [0.5, 0.6) is 0 Å². The highest BCUT2D eigenvalue weighted by atomic mass is 35.5. The van der Waals surface area contributed by atoms with Crippen LogP contribution in [-0.4, -0.2) is 29.2 Å². The summed E-state index contributed by atoms with van der Waals surface area (Å²) in [5.74, 6) is 0.989. The fourth-order valence-electron chi connectivity index (χ4n) is 2.40. The van der Waals surface area contributed by atoms with E-state index in [-0.39, 0.29) is 6.04 Å². The van der Waals surface area contributed by atoms with Crippen LogP contribution in [-0.2, 0) is 6.54 Å². The fraction of sp³-hybridized carbons (Fsp3) is 0.467. The molecule has 5 heteroatoms. The molecule has 1 aromatic carbocycles. The number of nitrogens with one attached hydrogen (secondary N) is 3. The van der Waals surface area contributed by atoms with E-state index in [2.05, 4.69) is 5.32 Å². The van der Waals surface area contributed by atoms with Gasteiger partial charge in [-0.1, -0.05) is 30.7 Å². The summed E-state index contributed by atoms with van der Waals surface area (Å²) >= 11 is 5.90. The summed E-state index contributed by atoms with van der Waals surface area (Å²) in [5, 5.41) is 20.5. The lowest BCUT2D eigenvalue weighted by molar-refractivity contribution is 0.540. The predicted octanol–water partition coefficient (Wildman–Crippen LogP) is 3.26. The van der Waals surface area contributed by atoms with Crippen LogP contribution in [0, 0.1) is 10.8 Å². The third-order valence-electron chi connectivity index (χ3n) is 3.60. The first-order valence-corrected chi connectivity index (χ1v) is 7.41. The molecule has 4 nitrogen and oxygen atoms in total. The van der Waals surface area contributed by atoms with Crippen molar-refractivity contribution in [2.75, 3.05) is 6.54 Å². The lowest BCUT2D eigenvalue weighted by Crippen LogP contribution is -2.45. The largest absolute Gasteiger partial charge is 0.313 e. The highest BCUT2D eigenvalue weighted by molar-refractivity contribution is 6.30. The van der Waals surface area contributed by atoms with Crippen LogP contribution >= 0.6 is 11.6 Å². The number of rotatable bonds is 4. The molecule has 1 saturated heterocycles. The molecule has 1 fully saturated rings. The molecule has 1 aliphatic rings. The Morgan fingerprint density at radius 3 is 2.60 bits per heavy atom. The molecule has 0 saturated carbocycles. The van der Waals surface area contributed by atoms with Gasteiger partial charge in [0.2, 0.25) is 0 Å². The Kier molecular flexibility index (Phi) is 5.15. The minimum atomic E-state index is 0.0780. The van der Waals surface area contributed by atoms with Gasteiger partial charge in [0.05, 0.1) is 12.6 Å². The van der Waals surface area contributed by atoms with Gasteiger partial charge in [0.1, 0.15) is 11.7 Å². The van der Waals surface area contributed by atoms with Gasteiger partial charge in [0.15, 0.2) is 0 Å². The van der Waals surface area contributed by atoms with E-state index in [1.807, 2.05) is 31.2 Å². The van der Waals surface area contributed by atoms with Crippen molar-refractivity contribution in [1.29, 1.82) is 10.8 Å². The molecular formula is C15H21ClN4. The first kappa shape index (κ1) is 15.0. The van der Waals surface area contributed by atoms with Crippen molar-refractivity contribution in [3.8, 4) is 0 Å². The maximum Gasteiger partial charge on any atom is 0.119 e. The van der Waals surface area contributed by atoms with E-state index in [9.17, 15) is 0 Å². The highest BCUT2D eigenvalue weighted by Crippen LogP contribution is 2.15. The number of nitrogens with zero attached hydrogens (tertiary/aromatic N) is 1. The van der Waals surface area contributed by atoms with E-state index in [1.165, 1.54) is 0 Å². The van der Waals surface area contributed by atoms with Crippen molar-refractivity contribution in [2.45, 2.75) is 38.8 Å². The highest BCUT2D eigenvalue weighted by Gasteiger charge is 2.25. The van der Waals surface area contributed by atoms with E-state index in [1.54, 1.807) is 4.90 Å². The Hall–Kier alpha value is -1.39. The van der Waals surface area contributed by atoms with Gasteiger partial charge < -0.3 is 10.2 Å². The van der Waals surface area contributed by atoms with Gasteiger partial charge in [0.25, 0.3) is 0 Å². The average Bonchev–Trinajstić information content (AvgIpc) is 2.99. The van der Waals surface area contributed by atoms with Crippen LogP contribution in [0.2, 0.25) is 5.02 Å². The number of hydrogen-bond acceptors (Lipinski definition) is 3.